The Morgan fingerprint density at radius 3 is 2.83 bits per heavy atom. The third kappa shape index (κ3) is 4.33. The number of rotatable bonds is 7. The van der Waals surface area contributed by atoms with E-state index in [2.05, 4.69) is 0 Å². The lowest BCUT2D eigenvalue weighted by molar-refractivity contribution is -0.138. The number of benzene rings is 1. The predicted octanol–water partition coefficient (Wildman–Crippen LogP) is 1.96. The molecule has 1 unspecified atom stereocenters. The predicted molar refractivity (Wildman–Crippen MR) is 66.1 cm³/mol. The number of aryl methyl sites for hydroxylation is 1. The third-order valence-corrected chi connectivity index (χ3v) is 2.59. The van der Waals surface area contributed by atoms with Gasteiger partial charge in [0.15, 0.2) is 11.6 Å². The summed E-state index contributed by atoms with van der Waals surface area (Å²) in [6.45, 7) is 2.21. The Bertz CT molecular complexity index is 409. The van der Waals surface area contributed by atoms with Crippen molar-refractivity contribution in [1.82, 2.24) is 0 Å². The number of carbonyl (C=O) groups is 1. The first kappa shape index (κ1) is 14.4. The van der Waals surface area contributed by atoms with Crippen LogP contribution in [0.15, 0.2) is 18.2 Å². The molecule has 0 heterocycles. The molecule has 0 amide bonds. The SMILES string of the molecule is CCOc1ccc(CCCC(N)C(=O)O)cc1F. The van der Waals surface area contributed by atoms with Gasteiger partial charge in [-0.25, -0.2) is 4.39 Å². The highest BCUT2D eigenvalue weighted by Gasteiger charge is 2.11. The second kappa shape index (κ2) is 6.96. The van der Waals surface area contributed by atoms with Gasteiger partial charge in [0.05, 0.1) is 6.61 Å². The monoisotopic (exact) mass is 255 g/mol. The van der Waals surface area contributed by atoms with Gasteiger partial charge in [-0.3, -0.25) is 4.79 Å². The number of aliphatic carboxylic acids is 1. The third-order valence-electron chi connectivity index (χ3n) is 2.59. The molecule has 1 rings (SSSR count). The van der Waals surface area contributed by atoms with E-state index in [4.69, 9.17) is 15.6 Å². The van der Waals surface area contributed by atoms with E-state index in [0.717, 1.165) is 5.56 Å². The standard InChI is InChI=1S/C13H18FNO3/c1-2-18-12-7-6-9(8-10(12)14)4-3-5-11(15)13(16)17/h6-8,11H,2-5,15H2,1H3,(H,16,17). The summed E-state index contributed by atoms with van der Waals surface area (Å²) in [5, 5.41) is 8.62. The van der Waals surface area contributed by atoms with E-state index >= 15 is 0 Å². The van der Waals surface area contributed by atoms with Crippen LogP contribution in [0.25, 0.3) is 0 Å². The van der Waals surface area contributed by atoms with Crippen molar-refractivity contribution in [3.63, 3.8) is 0 Å². The lowest BCUT2D eigenvalue weighted by Gasteiger charge is -2.08. The fourth-order valence-corrected chi connectivity index (χ4v) is 1.62. The van der Waals surface area contributed by atoms with Gasteiger partial charge in [-0.15, -0.1) is 0 Å². The van der Waals surface area contributed by atoms with Crippen LogP contribution in [-0.4, -0.2) is 23.7 Å². The number of carboxylic acid groups (broad SMARTS) is 1. The van der Waals surface area contributed by atoms with Crippen molar-refractivity contribution in [3.05, 3.63) is 29.6 Å². The molecule has 0 saturated heterocycles. The van der Waals surface area contributed by atoms with Crippen molar-refractivity contribution in [2.45, 2.75) is 32.2 Å². The highest BCUT2D eigenvalue weighted by atomic mass is 19.1. The summed E-state index contributed by atoms with van der Waals surface area (Å²) in [5.41, 5.74) is 6.19. The van der Waals surface area contributed by atoms with E-state index in [1.54, 1.807) is 19.1 Å². The van der Waals surface area contributed by atoms with Crippen LogP contribution in [-0.2, 0) is 11.2 Å². The summed E-state index contributed by atoms with van der Waals surface area (Å²) in [5.74, 6) is -1.16. The molecule has 0 aliphatic carbocycles. The summed E-state index contributed by atoms with van der Waals surface area (Å²) >= 11 is 0. The van der Waals surface area contributed by atoms with Crippen LogP contribution in [0, 0.1) is 5.82 Å². The summed E-state index contributed by atoms with van der Waals surface area (Å²) in [6, 6.07) is 3.93. The fourth-order valence-electron chi connectivity index (χ4n) is 1.62. The molecule has 0 spiro atoms. The van der Waals surface area contributed by atoms with Crippen molar-refractivity contribution in [2.24, 2.45) is 5.73 Å². The molecule has 5 heteroatoms. The lowest BCUT2D eigenvalue weighted by atomic mass is 10.0. The molecule has 1 aromatic carbocycles. The molecule has 3 N–H and O–H groups in total. The molecule has 4 nitrogen and oxygen atoms in total. The second-order valence-electron chi connectivity index (χ2n) is 4.03. The van der Waals surface area contributed by atoms with Gasteiger partial charge < -0.3 is 15.6 Å². The molecular weight excluding hydrogens is 237 g/mol. The minimum atomic E-state index is -1.01. The second-order valence-corrected chi connectivity index (χ2v) is 4.03. The minimum absolute atomic E-state index is 0.239. The first-order valence-electron chi connectivity index (χ1n) is 5.94. The molecule has 100 valence electrons. The van der Waals surface area contributed by atoms with Crippen molar-refractivity contribution in [2.75, 3.05) is 6.61 Å². The van der Waals surface area contributed by atoms with E-state index in [9.17, 15) is 9.18 Å². The first-order valence-corrected chi connectivity index (χ1v) is 5.94. The van der Waals surface area contributed by atoms with Crippen LogP contribution in [0.1, 0.15) is 25.3 Å². The Morgan fingerprint density at radius 2 is 2.28 bits per heavy atom. The molecule has 1 atom stereocenters. The van der Waals surface area contributed by atoms with Gasteiger partial charge >= 0.3 is 5.97 Å². The zero-order valence-electron chi connectivity index (χ0n) is 10.4. The number of hydrogen-bond acceptors (Lipinski definition) is 3. The summed E-state index contributed by atoms with van der Waals surface area (Å²) < 4.78 is 18.6. The summed E-state index contributed by atoms with van der Waals surface area (Å²) in [7, 11) is 0. The Morgan fingerprint density at radius 1 is 1.56 bits per heavy atom. The molecular formula is C13H18FNO3. The minimum Gasteiger partial charge on any atom is -0.491 e. The van der Waals surface area contributed by atoms with Crippen LogP contribution >= 0.6 is 0 Å². The van der Waals surface area contributed by atoms with Gasteiger partial charge in [0.2, 0.25) is 0 Å². The maximum absolute atomic E-state index is 13.5. The highest BCUT2D eigenvalue weighted by molar-refractivity contribution is 5.72. The Balaban J connectivity index is 2.48. The molecule has 0 aliphatic heterocycles. The van der Waals surface area contributed by atoms with E-state index in [1.165, 1.54) is 6.07 Å². The average Bonchev–Trinajstić information content (AvgIpc) is 2.32. The van der Waals surface area contributed by atoms with Crippen molar-refractivity contribution in [3.8, 4) is 5.75 Å². The van der Waals surface area contributed by atoms with Gasteiger partial charge in [0.25, 0.3) is 0 Å². The van der Waals surface area contributed by atoms with Gasteiger partial charge in [-0.2, -0.15) is 0 Å². The van der Waals surface area contributed by atoms with Crippen LogP contribution < -0.4 is 10.5 Å². The first-order chi connectivity index (χ1) is 8.54. The Labute approximate surface area is 106 Å². The normalized spacial score (nSPS) is 12.2. The number of halogens is 1. The van der Waals surface area contributed by atoms with Crippen LogP contribution in [0.2, 0.25) is 0 Å². The molecule has 0 saturated carbocycles. The maximum atomic E-state index is 13.5. The Kier molecular flexibility index (Phi) is 5.58. The molecule has 0 aromatic heterocycles. The van der Waals surface area contributed by atoms with Gasteiger partial charge in [-0.05, 0) is 43.9 Å². The molecule has 1 aromatic rings. The number of hydrogen-bond donors (Lipinski definition) is 2. The quantitative estimate of drug-likeness (QED) is 0.781. The largest absolute Gasteiger partial charge is 0.491 e. The number of ether oxygens (including phenoxy) is 1. The van der Waals surface area contributed by atoms with E-state index < -0.39 is 17.8 Å². The zero-order chi connectivity index (χ0) is 13.5. The van der Waals surface area contributed by atoms with Gasteiger partial charge in [0, 0.05) is 0 Å². The van der Waals surface area contributed by atoms with Crippen molar-refractivity contribution >= 4 is 5.97 Å². The van der Waals surface area contributed by atoms with E-state index in [-0.39, 0.29) is 5.75 Å². The smallest absolute Gasteiger partial charge is 0.320 e. The van der Waals surface area contributed by atoms with E-state index in [1.807, 2.05) is 0 Å². The average molecular weight is 255 g/mol. The number of carboxylic acids is 1. The maximum Gasteiger partial charge on any atom is 0.320 e. The van der Waals surface area contributed by atoms with Crippen LogP contribution in [0.5, 0.6) is 5.75 Å². The van der Waals surface area contributed by atoms with Gasteiger partial charge in [-0.1, -0.05) is 6.07 Å². The zero-order valence-corrected chi connectivity index (χ0v) is 10.4. The molecule has 0 aliphatic rings. The number of nitrogens with two attached hydrogens (primary N) is 1. The highest BCUT2D eigenvalue weighted by Crippen LogP contribution is 2.19. The van der Waals surface area contributed by atoms with Gasteiger partial charge in [0.1, 0.15) is 6.04 Å². The van der Waals surface area contributed by atoms with Crippen molar-refractivity contribution in [1.29, 1.82) is 0 Å². The Hall–Kier alpha value is -1.62. The molecule has 0 fully saturated rings. The van der Waals surface area contributed by atoms with E-state index in [0.29, 0.717) is 25.9 Å². The molecule has 0 bridgehead atoms. The van der Waals surface area contributed by atoms with Crippen molar-refractivity contribution < 1.29 is 19.0 Å². The summed E-state index contributed by atoms with van der Waals surface area (Å²) in [4.78, 5) is 10.5. The fraction of sp³-hybridized carbons (Fsp3) is 0.462. The summed E-state index contributed by atoms with van der Waals surface area (Å²) in [6.07, 6.45) is 1.59. The van der Waals surface area contributed by atoms with Crippen LogP contribution in [0.4, 0.5) is 4.39 Å². The molecule has 18 heavy (non-hydrogen) atoms. The lowest BCUT2D eigenvalue weighted by Crippen LogP contribution is -2.29. The molecule has 0 radical (unpaired) electrons. The van der Waals surface area contributed by atoms with Crippen LogP contribution in [0.3, 0.4) is 0 Å². The topological polar surface area (TPSA) is 72.5 Å².